The first kappa shape index (κ1) is 12.5. The molecule has 0 saturated carbocycles. The molecule has 3 nitrogen and oxygen atoms in total. The number of carbonyl (C=O) groups is 1. The van der Waals surface area contributed by atoms with E-state index in [1.54, 1.807) is 18.5 Å². The third-order valence-electron chi connectivity index (χ3n) is 3.39. The van der Waals surface area contributed by atoms with Gasteiger partial charge in [0.25, 0.3) is 0 Å². The molecule has 0 bridgehead atoms. The lowest BCUT2D eigenvalue weighted by Gasteiger charge is -2.12. The molecule has 2 aromatic carbocycles. The van der Waals surface area contributed by atoms with Crippen LogP contribution in [0.15, 0.2) is 67.0 Å². The standard InChI is InChI=1S/C17H14N2O/c18-16(13-5-2-1-3-6-13)17(20)14-8-4-7-12-9-10-19-11-15(12)14/h1-11,16H,18H2. The Bertz CT molecular complexity index is 748. The highest BCUT2D eigenvalue weighted by molar-refractivity contribution is 6.10. The highest BCUT2D eigenvalue weighted by Crippen LogP contribution is 2.22. The van der Waals surface area contributed by atoms with Crippen LogP contribution in [0.4, 0.5) is 0 Å². The molecule has 1 unspecified atom stereocenters. The second-order valence-corrected chi connectivity index (χ2v) is 4.65. The molecule has 1 heterocycles. The summed E-state index contributed by atoms with van der Waals surface area (Å²) in [6.07, 6.45) is 3.42. The molecule has 0 aliphatic carbocycles. The van der Waals surface area contributed by atoms with Gasteiger partial charge in [0, 0.05) is 23.3 Å². The lowest BCUT2D eigenvalue weighted by atomic mass is 9.95. The highest BCUT2D eigenvalue weighted by atomic mass is 16.1. The third-order valence-corrected chi connectivity index (χ3v) is 3.39. The van der Waals surface area contributed by atoms with E-state index in [9.17, 15) is 4.79 Å². The first-order valence-corrected chi connectivity index (χ1v) is 6.45. The van der Waals surface area contributed by atoms with Crippen LogP contribution in [0.2, 0.25) is 0 Å². The number of ketones is 1. The molecule has 0 amide bonds. The number of nitrogens with two attached hydrogens (primary N) is 1. The van der Waals surface area contributed by atoms with Crippen molar-refractivity contribution in [3.05, 3.63) is 78.1 Å². The van der Waals surface area contributed by atoms with Crippen LogP contribution in [0.1, 0.15) is 22.0 Å². The maximum absolute atomic E-state index is 12.6. The fourth-order valence-electron chi connectivity index (χ4n) is 2.31. The number of aromatic nitrogens is 1. The van der Waals surface area contributed by atoms with Crippen LogP contribution in [0.3, 0.4) is 0 Å². The van der Waals surface area contributed by atoms with E-state index in [2.05, 4.69) is 4.98 Å². The van der Waals surface area contributed by atoms with Crippen LogP contribution < -0.4 is 5.73 Å². The Balaban J connectivity index is 2.05. The van der Waals surface area contributed by atoms with Crippen LogP contribution in [-0.2, 0) is 0 Å². The van der Waals surface area contributed by atoms with Crippen molar-refractivity contribution in [2.45, 2.75) is 6.04 Å². The molecule has 0 fully saturated rings. The Morgan fingerprint density at radius 2 is 1.80 bits per heavy atom. The summed E-state index contributed by atoms with van der Waals surface area (Å²) in [7, 11) is 0. The van der Waals surface area contributed by atoms with E-state index in [1.807, 2.05) is 48.5 Å². The smallest absolute Gasteiger partial charge is 0.184 e. The Morgan fingerprint density at radius 1 is 1.00 bits per heavy atom. The fraction of sp³-hybridized carbons (Fsp3) is 0.0588. The van der Waals surface area contributed by atoms with E-state index >= 15 is 0 Å². The molecule has 2 N–H and O–H groups in total. The fourth-order valence-corrected chi connectivity index (χ4v) is 2.31. The SMILES string of the molecule is NC(C(=O)c1cccc2ccncc12)c1ccccc1. The molecule has 3 aromatic rings. The van der Waals surface area contributed by atoms with Gasteiger partial charge < -0.3 is 5.73 Å². The van der Waals surface area contributed by atoms with Crippen LogP contribution in [0, 0.1) is 0 Å². The number of rotatable bonds is 3. The molecule has 0 aliphatic heterocycles. The predicted octanol–water partition coefficient (Wildman–Crippen LogP) is 3.12. The Morgan fingerprint density at radius 3 is 2.60 bits per heavy atom. The molecule has 1 aromatic heterocycles. The van der Waals surface area contributed by atoms with Crippen molar-refractivity contribution in [3.63, 3.8) is 0 Å². The predicted molar refractivity (Wildman–Crippen MR) is 79.4 cm³/mol. The van der Waals surface area contributed by atoms with Gasteiger partial charge in [0.05, 0.1) is 6.04 Å². The first-order chi connectivity index (χ1) is 9.77. The Labute approximate surface area is 117 Å². The largest absolute Gasteiger partial charge is 0.318 e. The van der Waals surface area contributed by atoms with Crippen molar-refractivity contribution in [2.75, 3.05) is 0 Å². The Kier molecular flexibility index (Phi) is 3.27. The van der Waals surface area contributed by atoms with Crippen LogP contribution in [0.5, 0.6) is 0 Å². The number of fused-ring (bicyclic) bond motifs is 1. The molecule has 20 heavy (non-hydrogen) atoms. The quantitative estimate of drug-likeness (QED) is 0.738. The van der Waals surface area contributed by atoms with Gasteiger partial charge in [-0.2, -0.15) is 0 Å². The molecule has 0 spiro atoms. The summed E-state index contributed by atoms with van der Waals surface area (Å²) < 4.78 is 0. The third kappa shape index (κ3) is 2.19. The maximum atomic E-state index is 12.6. The minimum atomic E-state index is -0.651. The van der Waals surface area contributed by atoms with Gasteiger partial charge in [0.1, 0.15) is 0 Å². The zero-order chi connectivity index (χ0) is 13.9. The number of hydrogen-bond acceptors (Lipinski definition) is 3. The molecule has 3 heteroatoms. The molecule has 3 rings (SSSR count). The van der Waals surface area contributed by atoms with E-state index in [0.29, 0.717) is 5.56 Å². The summed E-state index contributed by atoms with van der Waals surface area (Å²) >= 11 is 0. The van der Waals surface area contributed by atoms with E-state index in [4.69, 9.17) is 5.73 Å². The van der Waals surface area contributed by atoms with Crippen molar-refractivity contribution in [1.29, 1.82) is 0 Å². The lowest BCUT2D eigenvalue weighted by molar-refractivity contribution is 0.0963. The van der Waals surface area contributed by atoms with Crippen molar-refractivity contribution < 1.29 is 4.79 Å². The molecular weight excluding hydrogens is 248 g/mol. The van der Waals surface area contributed by atoms with E-state index < -0.39 is 6.04 Å². The van der Waals surface area contributed by atoms with Crippen LogP contribution in [0.25, 0.3) is 10.8 Å². The number of Topliss-reactive ketones (excluding diaryl/α,β-unsaturated/α-hetero) is 1. The Hall–Kier alpha value is -2.52. The highest BCUT2D eigenvalue weighted by Gasteiger charge is 2.19. The lowest BCUT2D eigenvalue weighted by Crippen LogP contribution is -2.21. The summed E-state index contributed by atoms with van der Waals surface area (Å²) in [5, 5.41) is 1.83. The van der Waals surface area contributed by atoms with Gasteiger partial charge in [0.2, 0.25) is 0 Å². The molecule has 0 saturated heterocycles. The minimum Gasteiger partial charge on any atom is -0.318 e. The van der Waals surface area contributed by atoms with Crippen molar-refractivity contribution in [3.8, 4) is 0 Å². The number of carbonyl (C=O) groups excluding carboxylic acids is 1. The summed E-state index contributed by atoms with van der Waals surface area (Å²) in [4.78, 5) is 16.7. The summed E-state index contributed by atoms with van der Waals surface area (Å²) in [5.41, 5.74) is 7.53. The normalized spacial score (nSPS) is 12.2. The van der Waals surface area contributed by atoms with Gasteiger partial charge in [-0.25, -0.2) is 0 Å². The van der Waals surface area contributed by atoms with E-state index in [-0.39, 0.29) is 5.78 Å². The monoisotopic (exact) mass is 262 g/mol. The van der Waals surface area contributed by atoms with E-state index in [0.717, 1.165) is 16.3 Å². The molecular formula is C17H14N2O. The molecule has 98 valence electrons. The zero-order valence-corrected chi connectivity index (χ0v) is 10.9. The molecule has 1 atom stereocenters. The first-order valence-electron chi connectivity index (χ1n) is 6.45. The van der Waals surface area contributed by atoms with Crippen molar-refractivity contribution in [2.24, 2.45) is 5.73 Å². The summed E-state index contributed by atoms with van der Waals surface area (Å²) in [5.74, 6) is -0.0881. The van der Waals surface area contributed by atoms with Gasteiger partial charge in [-0.15, -0.1) is 0 Å². The molecule has 0 aliphatic rings. The summed E-state index contributed by atoms with van der Waals surface area (Å²) in [6.45, 7) is 0. The second kappa shape index (κ2) is 5.23. The topological polar surface area (TPSA) is 56.0 Å². The van der Waals surface area contributed by atoms with Crippen LogP contribution in [-0.4, -0.2) is 10.8 Å². The van der Waals surface area contributed by atoms with E-state index in [1.165, 1.54) is 0 Å². The van der Waals surface area contributed by atoms with Gasteiger partial charge in [-0.1, -0.05) is 48.5 Å². The van der Waals surface area contributed by atoms with Gasteiger partial charge in [-0.05, 0) is 17.0 Å². The molecule has 0 radical (unpaired) electrons. The maximum Gasteiger partial charge on any atom is 0.184 e. The van der Waals surface area contributed by atoms with Crippen LogP contribution >= 0.6 is 0 Å². The van der Waals surface area contributed by atoms with Crippen molar-refractivity contribution >= 4 is 16.6 Å². The average Bonchev–Trinajstić information content (AvgIpc) is 2.54. The average molecular weight is 262 g/mol. The number of hydrogen-bond donors (Lipinski definition) is 1. The second-order valence-electron chi connectivity index (χ2n) is 4.65. The number of pyridine rings is 1. The summed E-state index contributed by atoms with van der Waals surface area (Å²) in [6, 6.07) is 16.3. The number of nitrogens with zero attached hydrogens (tertiary/aromatic N) is 1. The van der Waals surface area contributed by atoms with Gasteiger partial charge in [0.15, 0.2) is 5.78 Å². The van der Waals surface area contributed by atoms with Gasteiger partial charge in [-0.3, -0.25) is 9.78 Å². The zero-order valence-electron chi connectivity index (χ0n) is 10.9. The van der Waals surface area contributed by atoms with Crippen molar-refractivity contribution in [1.82, 2.24) is 4.98 Å². The van der Waals surface area contributed by atoms with Gasteiger partial charge >= 0.3 is 0 Å². The minimum absolute atomic E-state index is 0.0881. The number of benzene rings is 2.